The van der Waals surface area contributed by atoms with Crippen molar-refractivity contribution in [3.8, 4) is 11.1 Å². The fourth-order valence-corrected chi connectivity index (χ4v) is 6.17. The second kappa shape index (κ2) is 9.12. The number of alkyl carbamates (subject to hydrolysis) is 1. The van der Waals surface area contributed by atoms with E-state index < -0.39 is 18.1 Å². The van der Waals surface area contributed by atoms with Crippen molar-refractivity contribution in [2.45, 2.75) is 63.1 Å². The molecule has 2 bridgehead atoms. The standard InChI is InChI=1S/C27H30N2O5/c1-16(26(32)29-18-10-11-19(29)13-17(12-18)14-25(30)31)28-27(33)34-15-24-22-8-4-2-6-20(22)21-7-3-5-9-23(21)24/h2-9,16-19,24H,10-15H2,1H3,(H,28,33)(H,30,31)/t16-,17?,18?,19?/m0/s1. The number of hydrogen-bond donors (Lipinski definition) is 2. The minimum Gasteiger partial charge on any atom is -0.481 e. The number of piperidine rings is 1. The summed E-state index contributed by atoms with van der Waals surface area (Å²) in [6.07, 6.45) is 2.77. The first-order valence-corrected chi connectivity index (χ1v) is 12.1. The van der Waals surface area contributed by atoms with E-state index >= 15 is 0 Å². The molecule has 178 valence electrons. The first kappa shape index (κ1) is 22.4. The fourth-order valence-electron chi connectivity index (χ4n) is 6.17. The number of nitrogens with zero attached hydrogens (tertiary/aromatic N) is 1. The van der Waals surface area contributed by atoms with Crippen molar-refractivity contribution in [3.05, 3.63) is 59.7 Å². The number of amides is 2. The van der Waals surface area contributed by atoms with Crippen LogP contribution >= 0.6 is 0 Å². The summed E-state index contributed by atoms with van der Waals surface area (Å²) < 4.78 is 5.59. The van der Waals surface area contributed by atoms with Gasteiger partial charge in [0.25, 0.3) is 0 Å². The molecule has 0 radical (unpaired) electrons. The van der Waals surface area contributed by atoms with Crippen LogP contribution in [0.4, 0.5) is 4.79 Å². The highest BCUT2D eigenvalue weighted by atomic mass is 16.5. The molecule has 3 atom stereocenters. The number of fused-ring (bicyclic) bond motifs is 5. The number of hydrogen-bond acceptors (Lipinski definition) is 4. The lowest BCUT2D eigenvalue weighted by molar-refractivity contribution is -0.140. The number of rotatable bonds is 6. The molecule has 7 heteroatoms. The van der Waals surface area contributed by atoms with Crippen LogP contribution in [0.15, 0.2) is 48.5 Å². The summed E-state index contributed by atoms with van der Waals surface area (Å²) in [6, 6.07) is 15.7. The molecule has 2 N–H and O–H groups in total. The number of carboxylic acids is 1. The van der Waals surface area contributed by atoms with E-state index in [0.29, 0.717) is 12.8 Å². The molecule has 0 spiro atoms. The summed E-state index contributed by atoms with van der Waals surface area (Å²) in [5.74, 6) is -0.818. The lowest BCUT2D eigenvalue weighted by atomic mass is 9.88. The molecular weight excluding hydrogens is 432 g/mol. The van der Waals surface area contributed by atoms with Crippen molar-refractivity contribution >= 4 is 18.0 Å². The Kier molecular flexibility index (Phi) is 6.02. The summed E-state index contributed by atoms with van der Waals surface area (Å²) in [6.45, 7) is 1.89. The van der Waals surface area contributed by atoms with Gasteiger partial charge in [-0.05, 0) is 60.8 Å². The van der Waals surface area contributed by atoms with Crippen molar-refractivity contribution in [2.24, 2.45) is 5.92 Å². The number of aliphatic carboxylic acids is 1. The molecule has 34 heavy (non-hydrogen) atoms. The molecule has 2 heterocycles. The van der Waals surface area contributed by atoms with E-state index in [2.05, 4.69) is 29.6 Å². The van der Waals surface area contributed by atoms with Gasteiger partial charge in [-0.1, -0.05) is 48.5 Å². The van der Waals surface area contributed by atoms with Gasteiger partial charge in [-0.15, -0.1) is 0 Å². The Balaban J connectivity index is 1.18. The fraction of sp³-hybridized carbons (Fsp3) is 0.444. The Hall–Kier alpha value is -3.35. The molecule has 2 amide bonds. The second-order valence-corrected chi connectivity index (χ2v) is 9.76. The molecule has 2 unspecified atom stereocenters. The molecule has 2 fully saturated rings. The summed E-state index contributed by atoms with van der Waals surface area (Å²) in [7, 11) is 0. The molecule has 7 nitrogen and oxygen atoms in total. The highest BCUT2D eigenvalue weighted by molar-refractivity contribution is 5.86. The van der Waals surface area contributed by atoms with Gasteiger partial charge in [0.15, 0.2) is 0 Å². The zero-order chi connectivity index (χ0) is 23.8. The third kappa shape index (κ3) is 4.15. The SMILES string of the molecule is C[C@H](NC(=O)OCC1c2ccccc2-c2ccccc21)C(=O)N1C2CCC1CC(CC(=O)O)C2. The van der Waals surface area contributed by atoms with Crippen molar-refractivity contribution < 1.29 is 24.2 Å². The minimum atomic E-state index is -0.783. The van der Waals surface area contributed by atoms with Crippen molar-refractivity contribution in [2.75, 3.05) is 6.61 Å². The topological polar surface area (TPSA) is 95.9 Å². The highest BCUT2D eigenvalue weighted by Crippen LogP contribution is 2.44. The Morgan fingerprint density at radius 2 is 1.56 bits per heavy atom. The lowest BCUT2D eigenvalue weighted by Crippen LogP contribution is -2.54. The molecule has 2 aliphatic heterocycles. The number of carbonyl (C=O) groups excluding carboxylic acids is 2. The Morgan fingerprint density at radius 3 is 2.12 bits per heavy atom. The van der Waals surface area contributed by atoms with E-state index in [1.807, 2.05) is 29.2 Å². The molecule has 3 aliphatic rings. The number of carbonyl (C=O) groups is 3. The van der Waals surface area contributed by atoms with Crippen LogP contribution in [0.1, 0.15) is 56.1 Å². The largest absolute Gasteiger partial charge is 0.481 e. The quantitative estimate of drug-likeness (QED) is 0.672. The van der Waals surface area contributed by atoms with Crippen LogP contribution in [-0.4, -0.2) is 52.7 Å². The summed E-state index contributed by atoms with van der Waals surface area (Å²) in [5.41, 5.74) is 4.61. The maximum atomic E-state index is 13.2. The normalized spacial score (nSPS) is 23.7. The van der Waals surface area contributed by atoms with Crippen molar-refractivity contribution in [1.82, 2.24) is 10.2 Å². The molecule has 0 aromatic heterocycles. The van der Waals surface area contributed by atoms with Crippen LogP contribution < -0.4 is 5.32 Å². The van der Waals surface area contributed by atoms with Crippen LogP contribution in [0.25, 0.3) is 11.1 Å². The number of carboxylic acid groups (broad SMARTS) is 1. The molecule has 0 saturated carbocycles. The summed E-state index contributed by atoms with van der Waals surface area (Å²) >= 11 is 0. The van der Waals surface area contributed by atoms with Crippen molar-refractivity contribution in [3.63, 3.8) is 0 Å². The first-order chi connectivity index (χ1) is 16.4. The second-order valence-electron chi connectivity index (χ2n) is 9.76. The molecule has 2 aromatic rings. The van der Waals surface area contributed by atoms with Crippen LogP contribution in [0.3, 0.4) is 0 Å². The van der Waals surface area contributed by atoms with Gasteiger partial charge in [-0.2, -0.15) is 0 Å². The monoisotopic (exact) mass is 462 g/mol. The number of ether oxygens (including phenoxy) is 1. The number of nitrogens with one attached hydrogen (secondary N) is 1. The zero-order valence-electron chi connectivity index (χ0n) is 19.3. The van der Waals surface area contributed by atoms with Crippen LogP contribution in [0, 0.1) is 5.92 Å². The number of benzene rings is 2. The molecule has 5 rings (SSSR count). The van der Waals surface area contributed by atoms with E-state index in [9.17, 15) is 14.4 Å². The predicted octanol–water partition coefficient (Wildman–Crippen LogP) is 4.16. The van der Waals surface area contributed by atoms with Gasteiger partial charge < -0.3 is 20.1 Å². The maximum Gasteiger partial charge on any atom is 0.407 e. The molecular formula is C27H30N2O5. The Labute approximate surface area is 199 Å². The summed E-state index contributed by atoms with van der Waals surface area (Å²) in [4.78, 5) is 38.7. The summed E-state index contributed by atoms with van der Waals surface area (Å²) in [5, 5.41) is 11.8. The van der Waals surface area contributed by atoms with Crippen molar-refractivity contribution in [1.29, 1.82) is 0 Å². The van der Waals surface area contributed by atoms with Gasteiger partial charge in [-0.3, -0.25) is 9.59 Å². The van der Waals surface area contributed by atoms with Gasteiger partial charge in [0.05, 0.1) is 0 Å². The zero-order valence-corrected chi connectivity index (χ0v) is 19.3. The third-order valence-corrected chi connectivity index (χ3v) is 7.60. The molecule has 2 saturated heterocycles. The first-order valence-electron chi connectivity index (χ1n) is 12.1. The van der Waals surface area contributed by atoms with E-state index in [4.69, 9.17) is 9.84 Å². The smallest absolute Gasteiger partial charge is 0.407 e. The van der Waals surface area contributed by atoms with Gasteiger partial charge in [-0.25, -0.2) is 4.79 Å². The van der Waals surface area contributed by atoms with E-state index in [1.54, 1.807) is 6.92 Å². The van der Waals surface area contributed by atoms with E-state index in [0.717, 1.165) is 35.1 Å². The Morgan fingerprint density at radius 1 is 1.00 bits per heavy atom. The third-order valence-electron chi connectivity index (χ3n) is 7.60. The predicted molar refractivity (Wildman–Crippen MR) is 126 cm³/mol. The van der Waals surface area contributed by atoms with Crippen LogP contribution in [0.5, 0.6) is 0 Å². The van der Waals surface area contributed by atoms with Gasteiger partial charge in [0.2, 0.25) is 5.91 Å². The molecule has 1 aliphatic carbocycles. The van der Waals surface area contributed by atoms with E-state index in [-0.39, 0.29) is 42.9 Å². The lowest BCUT2D eigenvalue weighted by Gasteiger charge is -2.40. The average molecular weight is 463 g/mol. The minimum absolute atomic E-state index is 0.0340. The molecule has 2 aromatic carbocycles. The van der Waals surface area contributed by atoms with Gasteiger partial charge in [0.1, 0.15) is 12.6 Å². The van der Waals surface area contributed by atoms with Crippen LogP contribution in [0.2, 0.25) is 0 Å². The average Bonchev–Trinajstić information content (AvgIpc) is 3.28. The van der Waals surface area contributed by atoms with E-state index in [1.165, 1.54) is 0 Å². The maximum absolute atomic E-state index is 13.2. The highest BCUT2D eigenvalue weighted by Gasteiger charge is 2.44. The van der Waals surface area contributed by atoms with Gasteiger partial charge >= 0.3 is 12.1 Å². The van der Waals surface area contributed by atoms with Gasteiger partial charge in [0, 0.05) is 24.4 Å². The Bertz CT molecular complexity index is 1060. The van der Waals surface area contributed by atoms with Crippen LogP contribution in [-0.2, 0) is 14.3 Å².